The second kappa shape index (κ2) is 8.97. The van der Waals surface area contributed by atoms with Crippen molar-refractivity contribution in [3.8, 4) is 0 Å². The standard InChI is InChI=1S/C7H15NO.C2H6O/c9-6-3-7-1-4-8-5-2-7;1-2-3/h7-9H,1-6H2;3H,2H2,1H3. The highest BCUT2D eigenvalue weighted by molar-refractivity contribution is 4.67. The molecule has 0 spiro atoms. The van der Waals surface area contributed by atoms with Crippen molar-refractivity contribution >= 4 is 0 Å². The molecule has 0 atom stereocenters. The van der Waals surface area contributed by atoms with Gasteiger partial charge < -0.3 is 15.5 Å². The molecular formula is C9H21NO2. The first-order valence-corrected chi connectivity index (χ1v) is 4.77. The van der Waals surface area contributed by atoms with Crippen molar-refractivity contribution in [2.75, 3.05) is 26.3 Å². The Kier molecular flexibility index (Phi) is 8.88. The molecule has 12 heavy (non-hydrogen) atoms. The summed E-state index contributed by atoms with van der Waals surface area (Å²) in [5.74, 6) is 0.788. The van der Waals surface area contributed by atoms with E-state index in [9.17, 15) is 0 Å². The summed E-state index contributed by atoms with van der Waals surface area (Å²) in [5.41, 5.74) is 0. The van der Waals surface area contributed by atoms with Gasteiger partial charge in [-0.2, -0.15) is 0 Å². The third-order valence-electron chi connectivity index (χ3n) is 2.00. The van der Waals surface area contributed by atoms with Crippen molar-refractivity contribution in [3.63, 3.8) is 0 Å². The fourth-order valence-electron chi connectivity index (χ4n) is 1.35. The van der Waals surface area contributed by atoms with E-state index in [4.69, 9.17) is 10.2 Å². The molecule has 0 aromatic rings. The highest BCUT2D eigenvalue weighted by atomic mass is 16.3. The monoisotopic (exact) mass is 175 g/mol. The van der Waals surface area contributed by atoms with Gasteiger partial charge in [-0.15, -0.1) is 0 Å². The zero-order valence-electron chi connectivity index (χ0n) is 7.92. The summed E-state index contributed by atoms with van der Waals surface area (Å²) >= 11 is 0. The van der Waals surface area contributed by atoms with Crippen LogP contribution in [0.1, 0.15) is 26.2 Å². The molecule has 1 aliphatic heterocycles. The molecule has 1 saturated heterocycles. The summed E-state index contributed by atoms with van der Waals surface area (Å²) in [4.78, 5) is 0. The van der Waals surface area contributed by atoms with Crippen molar-refractivity contribution in [2.24, 2.45) is 5.92 Å². The van der Waals surface area contributed by atoms with Crippen LogP contribution in [-0.4, -0.2) is 36.5 Å². The average molecular weight is 175 g/mol. The van der Waals surface area contributed by atoms with Gasteiger partial charge in [0.05, 0.1) is 0 Å². The van der Waals surface area contributed by atoms with E-state index >= 15 is 0 Å². The van der Waals surface area contributed by atoms with Crippen LogP contribution in [0.4, 0.5) is 0 Å². The minimum atomic E-state index is 0.250. The maximum absolute atomic E-state index is 8.60. The summed E-state index contributed by atoms with van der Waals surface area (Å²) in [6, 6.07) is 0. The molecule has 3 N–H and O–H groups in total. The Hall–Kier alpha value is -0.120. The quantitative estimate of drug-likeness (QED) is 0.568. The van der Waals surface area contributed by atoms with Crippen LogP contribution in [0.15, 0.2) is 0 Å². The zero-order valence-corrected chi connectivity index (χ0v) is 7.92. The molecule has 0 unspecified atom stereocenters. The van der Waals surface area contributed by atoms with Gasteiger partial charge in [-0.05, 0) is 45.2 Å². The maximum Gasteiger partial charge on any atom is 0.0433 e. The third-order valence-corrected chi connectivity index (χ3v) is 2.00. The Morgan fingerprint density at radius 2 is 1.75 bits per heavy atom. The van der Waals surface area contributed by atoms with E-state index in [2.05, 4.69) is 5.32 Å². The first-order valence-electron chi connectivity index (χ1n) is 4.77. The largest absolute Gasteiger partial charge is 0.397 e. The molecule has 0 bridgehead atoms. The molecule has 0 aliphatic carbocycles. The summed E-state index contributed by atoms with van der Waals surface area (Å²) < 4.78 is 0. The Morgan fingerprint density at radius 1 is 1.25 bits per heavy atom. The first kappa shape index (κ1) is 11.9. The minimum absolute atomic E-state index is 0.250. The lowest BCUT2D eigenvalue weighted by atomic mass is 9.95. The highest BCUT2D eigenvalue weighted by Crippen LogP contribution is 2.14. The Balaban J connectivity index is 0.000000354. The predicted molar refractivity (Wildman–Crippen MR) is 50.1 cm³/mol. The SMILES string of the molecule is CCO.OCCC1CCNCC1. The number of aliphatic hydroxyl groups excluding tert-OH is 2. The smallest absolute Gasteiger partial charge is 0.0433 e. The maximum atomic E-state index is 8.60. The van der Waals surface area contributed by atoms with Gasteiger partial charge in [0.1, 0.15) is 0 Å². The molecule has 3 heteroatoms. The summed E-state index contributed by atoms with van der Waals surface area (Å²) in [7, 11) is 0. The van der Waals surface area contributed by atoms with Gasteiger partial charge in [0, 0.05) is 13.2 Å². The first-order chi connectivity index (χ1) is 5.85. The Morgan fingerprint density at radius 3 is 2.17 bits per heavy atom. The molecular weight excluding hydrogens is 154 g/mol. The van der Waals surface area contributed by atoms with Gasteiger partial charge in [-0.1, -0.05) is 0 Å². The van der Waals surface area contributed by atoms with Crippen LogP contribution in [0.25, 0.3) is 0 Å². The van der Waals surface area contributed by atoms with Crippen LogP contribution in [0, 0.1) is 5.92 Å². The molecule has 3 nitrogen and oxygen atoms in total. The van der Waals surface area contributed by atoms with Crippen LogP contribution in [-0.2, 0) is 0 Å². The van der Waals surface area contributed by atoms with Gasteiger partial charge in [-0.3, -0.25) is 0 Å². The van der Waals surface area contributed by atoms with Gasteiger partial charge in [0.15, 0.2) is 0 Å². The van der Waals surface area contributed by atoms with E-state index in [1.165, 1.54) is 12.8 Å². The molecule has 0 aromatic carbocycles. The Labute approximate surface area is 74.8 Å². The van der Waals surface area contributed by atoms with E-state index in [1.807, 2.05) is 0 Å². The minimum Gasteiger partial charge on any atom is -0.397 e. The van der Waals surface area contributed by atoms with Gasteiger partial charge in [0.2, 0.25) is 0 Å². The average Bonchev–Trinajstić information content (AvgIpc) is 2.08. The normalized spacial score (nSPS) is 18.2. The van der Waals surface area contributed by atoms with Gasteiger partial charge in [-0.25, -0.2) is 0 Å². The lowest BCUT2D eigenvalue weighted by Crippen LogP contribution is -2.28. The van der Waals surface area contributed by atoms with E-state index < -0.39 is 0 Å². The van der Waals surface area contributed by atoms with Crippen LogP contribution in [0.3, 0.4) is 0 Å². The fraction of sp³-hybridized carbons (Fsp3) is 1.00. The molecule has 74 valence electrons. The number of nitrogens with one attached hydrogen (secondary N) is 1. The molecule has 1 fully saturated rings. The van der Waals surface area contributed by atoms with Crippen LogP contribution in [0.2, 0.25) is 0 Å². The van der Waals surface area contributed by atoms with Crippen molar-refractivity contribution in [1.82, 2.24) is 5.32 Å². The second-order valence-corrected chi connectivity index (χ2v) is 3.02. The van der Waals surface area contributed by atoms with E-state index in [-0.39, 0.29) is 6.61 Å². The Bertz CT molecular complexity index is 79.8. The topological polar surface area (TPSA) is 52.5 Å². The predicted octanol–water partition coefficient (Wildman–Crippen LogP) is 0.367. The number of hydrogen-bond donors (Lipinski definition) is 3. The number of rotatable bonds is 2. The molecule has 0 saturated carbocycles. The van der Waals surface area contributed by atoms with Crippen molar-refractivity contribution in [1.29, 1.82) is 0 Å². The highest BCUT2D eigenvalue weighted by Gasteiger charge is 2.10. The van der Waals surface area contributed by atoms with Crippen molar-refractivity contribution < 1.29 is 10.2 Å². The molecule has 0 radical (unpaired) electrons. The molecule has 1 rings (SSSR count). The van der Waals surface area contributed by atoms with Crippen LogP contribution >= 0.6 is 0 Å². The van der Waals surface area contributed by atoms with Crippen molar-refractivity contribution in [2.45, 2.75) is 26.2 Å². The lowest BCUT2D eigenvalue weighted by Gasteiger charge is -2.21. The molecule has 0 aromatic heterocycles. The zero-order chi connectivity index (χ0) is 9.23. The fourth-order valence-corrected chi connectivity index (χ4v) is 1.35. The van der Waals surface area contributed by atoms with E-state index in [1.54, 1.807) is 6.92 Å². The molecule has 1 aliphatic rings. The second-order valence-electron chi connectivity index (χ2n) is 3.02. The summed E-state index contributed by atoms with van der Waals surface area (Å²) in [6.07, 6.45) is 3.50. The number of hydrogen-bond acceptors (Lipinski definition) is 3. The lowest BCUT2D eigenvalue weighted by molar-refractivity contribution is 0.235. The van der Waals surface area contributed by atoms with Crippen molar-refractivity contribution in [3.05, 3.63) is 0 Å². The van der Waals surface area contributed by atoms with E-state index in [0.29, 0.717) is 6.61 Å². The third kappa shape index (κ3) is 6.58. The van der Waals surface area contributed by atoms with Crippen LogP contribution in [0.5, 0.6) is 0 Å². The number of piperidine rings is 1. The van der Waals surface area contributed by atoms with Gasteiger partial charge >= 0.3 is 0 Å². The molecule has 0 amide bonds. The number of aliphatic hydroxyl groups is 2. The van der Waals surface area contributed by atoms with Crippen LogP contribution < -0.4 is 5.32 Å². The summed E-state index contributed by atoms with van der Waals surface area (Å²) in [6.45, 7) is 4.58. The molecule has 1 heterocycles. The van der Waals surface area contributed by atoms with Gasteiger partial charge in [0.25, 0.3) is 0 Å². The summed E-state index contributed by atoms with van der Waals surface area (Å²) in [5, 5.41) is 19.5. The van der Waals surface area contributed by atoms with E-state index in [0.717, 1.165) is 25.4 Å².